The minimum Gasteiger partial charge on any atom is -0.467 e. The summed E-state index contributed by atoms with van der Waals surface area (Å²) in [5, 5.41) is 6.75. The molecule has 0 aliphatic heterocycles. The van der Waals surface area contributed by atoms with Crippen LogP contribution in [0.25, 0.3) is 10.6 Å². The molecule has 2 heterocycles. The zero-order chi connectivity index (χ0) is 17.8. The van der Waals surface area contributed by atoms with Gasteiger partial charge in [-0.1, -0.05) is 60.2 Å². The van der Waals surface area contributed by atoms with Gasteiger partial charge in [-0.15, -0.1) is 11.3 Å². The fourth-order valence-electron chi connectivity index (χ4n) is 2.91. The van der Waals surface area contributed by atoms with Crippen LogP contribution in [0.2, 0.25) is 0 Å². The molecule has 0 aliphatic carbocycles. The lowest BCUT2D eigenvalue weighted by Gasteiger charge is -2.16. The quantitative estimate of drug-likeness (QED) is 0.487. The highest BCUT2D eigenvalue weighted by atomic mass is 32.1. The van der Waals surface area contributed by atoms with E-state index in [1.807, 2.05) is 30.3 Å². The molecule has 26 heavy (non-hydrogen) atoms. The van der Waals surface area contributed by atoms with Crippen molar-refractivity contribution >= 4 is 11.3 Å². The van der Waals surface area contributed by atoms with E-state index >= 15 is 0 Å². The Bertz CT molecular complexity index is 944. The van der Waals surface area contributed by atoms with Crippen molar-refractivity contribution in [2.45, 2.75) is 19.5 Å². The summed E-state index contributed by atoms with van der Waals surface area (Å²) >= 11 is 1.68. The summed E-state index contributed by atoms with van der Waals surface area (Å²) in [6, 6.07) is 22.8. The van der Waals surface area contributed by atoms with Crippen LogP contribution < -0.4 is 5.32 Å². The van der Waals surface area contributed by atoms with Gasteiger partial charge in [-0.3, -0.25) is 5.32 Å². The van der Waals surface area contributed by atoms with Crippen LogP contribution in [0.3, 0.4) is 0 Å². The number of aromatic nitrogens is 1. The van der Waals surface area contributed by atoms with Crippen LogP contribution in [0.1, 0.15) is 28.6 Å². The third-order valence-electron chi connectivity index (χ3n) is 4.30. The fraction of sp³-hybridized carbons (Fsp3) is 0.136. The molecule has 1 atom stereocenters. The monoisotopic (exact) mass is 360 g/mol. The van der Waals surface area contributed by atoms with Gasteiger partial charge in [0.2, 0.25) is 0 Å². The highest BCUT2D eigenvalue weighted by Crippen LogP contribution is 2.26. The summed E-state index contributed by atoms with van der Waals surface area (Å²) in [6.45, 7) is 2.78. The van der Waals surface area contributed by atoms with E-state index in [-0.39, 0.29) is 6.04 Å². The van der Waals surface area contributed by atoms with E-state index in [9.17, 15) is 0 Å². The molecule has 0 unspecified atom stereocenters. The average molecular weight is 360 g/mol. The molecule has 0 spiro atoms. The first-order valence-electron chi connectivity index (χ1n) is 8.63. The van der Waals surface area contributed by atoms with E-state index in [1.54, 1.807) is 17.6 Å². The molecule has 130 valence electrons. The normalized spacial score (nSPS) is 12.2. The van der Waals surface area contributed by atoms with E-state index < -0.39 is 0 Å². The van der Waals surface area contributed by atoms with E-state index in [2.05, 4.69) is 54.0 Å². The van der Waals surface area contributed by atoms with E-state index in [0.29, 0.717) is 6.54 Å². The number of thiazole rings is 1. The molecule has 0 saturated carbocycles. The fourth-order valence-corrected chi connectivity index (χ4v) is 3.73. The SMILES string of the molecule is Cc1ccc(-c2nc(CN[C@H](c3ccccc3)c3ccco3)cs2)cc1. The highest BCUT2D eigenvalue weighted by molar-refractivity contribution is 7.13. The lowest BCUT2D eigenvalue weighted by atomic mass is 10.0. The van der Waals surface area contributed by atoms with Crippen LogP contribution in [0.4, 0.5) is 0 Å². The molecule has 3 nitrogen and oxygen atoms in total. The van der Waals surface area contributed by atoms with E-state index in [1.165, 1.54) is 11.1 Å². The van der Waals surface area contributed by atoms with Crippen molar-refractivity contribution in [3.8, 4) is 10.6 Å². The lowest BCUT2D eigenvalue weighted by molar-refractivity contribution is 0.444. The second-order valence-electron chi connectivity index (χ2n) is 6.25. The summed E-state index contributed by atoms with van der Waals surface area (Å²) < 4.78 is 5.64. The Morgan fingerprint density at radius 2 is 1.81 bits per heavy atom. The van der Waals surface area contributed by atoms with E-state index in [0.717, 1.165) is 22.0 Å². The molecular weight excluding hydrogens is 340 g/mol. The Kier molecular flexibility index (Phi) is 4.95. The highest BCUT2D eigenvalue weighted by Gasteiger charge is 2.16. The number of aryl methyl sites for hydroxylation is 1. The first-order valence-corrected chi connectivity index (χ1v) is 9.51. The van der Waals surface area contributed by atoms with Gasteiger partial charge in [0.15, 0.2) is 0 Å². The number of nitrogens with one attached hydrogen (secondary N) is 1. The van der Waals surface area contributed by atoms with Gasteiger partial charge >= 0.3 is 0 Å². The predicted molar refractivity (Wildman–Crippen MR) is 106 cm³/mol. The third-order valence-corrected chi connectivity index (χ3v) is 5.24. The van der Waals surface area contributed by atoms with Gasteiger partial charge in [0.05, 0.1) is 18.0 Å². The minimum absolute atomic E-state index is 0.00993. The van der Waals surface area contributed by atoms with Crippen LogP contribution in [0, 0.1) is 6.92 Å². The number of hydrogen-bond acceptors (Lipinski definition) is 4. The van der Waals surface area contributed by atoms with Crippen LogP contribution in [0.15, 0.2) is 82.8 Å². The number of hydrogen-bond donors (Lipinski definition) is 1. The van der Waals surface area contributed by atoms with Crippen molar-refractivity contribution in [3.05, 3.63) is 101 Å². The van der Waals surface area contributed by atoms with Crippen molar-refractivity contribution in [2.75, 3.05) is 0 Å². The zero-order valence-corrected chi connectivity index (χ0v) is 15.4. The Morgan fingerprint density at radius 3 is 2.54 bits per heavy atom. The number of rotatable bonds is 6. The second-order valence-corrected chi connectivity index (χ2v) is 7.11. The molecule has 0 saturated heterocycles. The average Bonchev–Trinajstić information content (AvgIpc) is 3.36. The summed E-state index contributed by atoms with van der Waals surface area (Å²) in [7, 11) is 0. The van der Waals surface area contributed by atoms with Crippen LogP contribution in [0.5, 0.6) is 0 Å². The molecule has 0 radical (unpaired) electrons. The van der Waals surface area contributed by atoms with Gasteiger partial charge in [0.25, 0.3) is 0 Å². The molecule has 4 aromatic rings. The van der Waals surface area contributed by atoms with Gasteiger partial charge < -0.3 is 4.42 Å². The molecule has 2 aromatic carbocycles. The van der Waals surface area contributed by atoms with Crippen molar-refractivity contribution in [1.29, 1.82) is 0 Å². The molecule has 4 heteroatoms. The predicted octanol–water partition coefficient (Wildman–Crippen LogP) is 5.59. The molecular formula is C22H20N2OS. The molecule has 0 aliphatic rings. The number of nitrogens with zero attached hydrogens (tertiary/aromatic N) is 1. The maximum atomic E-state index is 5.64. The maximum absolute atomic E-state index is 5.64. The van der Waals surface area contributed by atoms with Gasteiger partial charge in [0, 0.05) is 17.5 Å². The largest absolute Gasteiger partial charge is 0.467 e. The molecule has 0 bridgehead atoms. The number of benzene rings is 2. The van der Waals surface area contributed by atoms with Crippen molar-refractivity contribution in [3.63, 3.8) is 0 Å². The second kappa shape index (κ2) is 7.68. The van der Waals surface area contributed by atoms with Crippen LogP contribution in [-0.2, 0) is 6.54 Å². The van der Waals surface area contributed by atoms with Crippen LogP contribution >= 0.6 is 11.3 Å². The Labute approximate surface area is 157 Å². The third kappa shape index (κ3) is 3.77. The zero-order valence-electron chi connectivity index (χ0n) is 14.6. The smallest absolute Gasteiger partial charge is 0.125 e. The van der Waals surface area contributed by atoms with Gasteiger partial charge in [-0.25, -0.2) is 4.98 Å². The molecule has 0 fully saturated rings. The maximum Gasteiger partial charge on any atom is 0.125 e. The number of furan rings is 1. The topological polar surface area (TPSA) is 38.1 Å². The van der Waals surface area contributed by atoms with Crippen molar-refractivity contribution < 1.29 is 4.42 Å². The van der Waals surface area contributed by atoms with Crippen molar-refractivity contribution in [2.24, 2.45) is 0 Å². The van der Waals surface area contributed by atoms with Gasteiger partial charge in [-0.2, -0.15) is 0 Å². The first-order chi connectivity index (χ1) is 12.8. The summed E-state index contributed by atoms with van der Waals surface area (Å²) in [5.41, 5.74) is 4.64. The summed E-state index contributed by atoms with van der Waals surface area (Å²) in [6.07, 6.45) is 1.71. The lowest BCUT2D eigenvalue weighted by Crippen LogP contribution is -2.21. The molecule has 4 rings (SSSR count). The van der Waals surface area contributed by atoms with Crippen molar-refractivity contribution in [1.82, 2.24) is 10.3 Å². The van der Waals surface area contributed by atoms with Crippen LogP contribution in [-0.4, -0.2) is 4.98 Å². The Hall–Kier alpha value is -2.69. The molecule has 2 aromatic heterocycles. The first kappa shape index (κ1) is 16.8. The van der Waals surface area contributed by atoms with Gasteiger partial charge in [0.1, 0.15) is 10.8 Å². The Balaban J connectivity index is 1.51. The molecule has 0 amide bonds. The Morgan fingerprint density at radius 1 is 1.00 bits per heavy atom. The summed E-state index contributed by atoms with van der Waals surface area (Å²) in [4.78, 5) is 4.78. The molecule has 1 N–H and O–H groups in total. The summed E-state index contributed by atoms with van der Waals surface area (Å²) in [5.74, 6) is 0.908. The standard InChI is InChI=1S/C22H20N2OS/c1-16-9-11-18(12-10-16)22-24-19(15-26-22)14-23-21(20-8-5-13-25-20)17-6-3-2-4-7-17/h2-13,15,21,23H,14H2,1H3/t21-/m1/s1. The minimum atomic E-state index is 0.00993. The van der Waals surface area contributed by atoms with Gasteiger partial charge in [-0.05, 0) is 24.6 Å². The van der Waals surface area contributed by atoms with E-state index in [4.69, 9.17) is 9.40 Å².